The fourth-order valence-electron chi connectivity index (χ4n) is 3.77. The molecule has 23 heavy (non-hydrogen) atoms. The van der Waals surface area contributed by atoms with Crippen molar-refractivity contribution in [2.45, 2.75) is 38.5 Å². The number of hydrogen-bond acceptors (Lipinski definition) is 2. The molecule has 2 aromatic rings. The monoisotopic (exact) mass is 314 g/mol. The highest BCUT2D eigenvalue weighted by atomic mass is 16.5. The lowest BCUT2D eigenvalue weighted by molar-refractivity contribution is -0.132. The normalized spacial score (nSPS) is 16.2. The summed E-state index contributed by atoms with van der Waals surface area (Å²) in [5.74, 6) is 0.824. The number of nitrogens with zero attached hydrogens (tertiary/aromatic N) is 1. The zero-order chi connectivity index (χ0) is 16.2. The number of carbonyl (C=O) groups is 1. The topological polar surface area (TPSA) is 45.3 Å². The molecule has 0 spiro atoms. The minimum atomic E-state index is 0.274. The fourth-order valence-corrected chi connectivity index (χ4v) is 3.77. The van der Waals surface area contributed by atoms with Crippen molar-refractivity contribution in [2.24, 2.45) is 0 Å². The lowest BCUT2D eigenvalue weighted by Gasteiger charge is -2.32. The Morgan fingerprint density at radius 1 is 1.30 bits per heavy atom. The van der Waals surface area contributed by atoms with Crippen LogP contribution >= 0.6 is 0 Å². The summed E-state index contributed by atoms with van der Waals surface area (Å²) in [6.07, 6.45) is 3.53. The van der Waals surface area contributed by atoms with Crippen molar-refractivity contribution in [1.82, 2.24) is 9.88 Å². The molecule has 4 nitrogen and oxygen atoms in total. The fraction of sp³-hybridized carbons (Fsp3) is 0.526. The van der Waals surface area contributed by atoms with E-state index in [9.17, 15) is 4.79 Å². The highest BCUT2D eigenvalue weighted by Crippen LogP contribution is 2.35. The van der Waals surface area contributed by atoms with Gasteiger partial charge in [0.1, 0.15) is 0 Å². The van der Waals surface area contributed by atoms with Crippen LogP contribution in [-0.4, -0.2) is 42.6 Å². The van der Waals surface area contributed by atoms with Crippen LogP contribution in [0, 0.1) is 6.92 Å². The molecule has 1 N–H and O–H groups in total. The molecule has 1 aliphatic heterocycles. The number of aromatic amines is 1. The van der Waals surface area contributed by atoms with Crippen molar-refractivity contribution in [3.05, 3.63) is 35.5 Å². The van der Waals surface area contributed by atoms with E-state index in [4.69, 9.17) is 4.74 Å². The number of piperidine rings is 1. The first-order chi connectivity index (χ1) is 11.2. The Labute approximate surface area is 137 Å². The van der Waals surface area contributed by atoms with E-state index in [1.807, 2.05) is 4.90 Å². The third kappa shape index (κ3) is 3.42. The van der Waals surface area contributed by atoms with Gasteiger partial charge in [0.05, 0.1) is 0 Å². The molecule has 0 unspecified atom stereocenters. The van der Waals surface area contributed by atoms with E-state index in [1.165, 1.54) is 22.2 Å². The standard InChI is InChI=1S/C19H26N2O2/c1-14-19(16-6-3-4-7-17(16)20-14)15-9-11-21(12-10-15)18(22)8-5-13-23-2/h3-4,6-7,15,20H,5,8-13H2,1-2H3. The number of methoxy groups -OCH3 is 1. The zero-order valence-electron chi connectivity index (χ0n) is 14.1. The number of hydrogen-bond donors (Lipinski definition) is 1. The minimum Gasteiger partial charge on any atom is -0.385 e. The Bertz CT molecular complexity index is 669. The van der Waals surface area contributed by atoms with Gasteiger partial charge in [-0.3, -0.25) is 4.79 Å². The lowest BCUT2D eigenvalue weighted by Crippen LogP contribution is -2.38. The molecule has 1 amide bonds. The Morgan fingerprint density at radius 3 is 2.78 bits per heavy atom. The molecule has 1 aliphatic rings. The maximum Gasteiger partial charge on any atom is 0.222 e. The number of aryl methyl sites for hydroxylation is 1. The molecule has 124 valence electrons. The molecule has 0 atom stereocenters. The maximum atomic E-state index is 12.2. The summed E-state index contributed by atoms with van der Waals surface area (Å²) < 4.78 is 5.03. The second-order valence-electron chi connectivity index (χ2n) is 6.46. The highest BCUT2D eigenvalue weighted by molar-refractivity contribution is 5.85. The minimum absolute atomic E-state index is 0.274. The summed E-state index contributed by atoms with van der Waals surface area (Å²) in [7, 11) is 1.68. The number of fused-ring (bicyclic) bond motifs is 1. The molecule has 0 saturated carbocycles. The second-order valence-corrected chi connectivity index (χ2v) is 6.46. The van der Waals surface area contributed by atoms with E-state index in [2.05, 4.69) is 36.2 Å². The Hall–Kier alpha value is -1.81. The number of nitrogens with one attached hydrogen (secondary N) is 1. The van der Waals surface area contributed by atoms with Crippen molar-refractivity contribution < 1.29 is 9.53 Å². The van der Waals surface area contributed by atoms with Crippen molar-refractivity contribution in [2.75, 3.05) is 26.8 Å². The van der Waals surface area contributed by atoms with Gasteiger partial charge in [-0.15, -0.1) is 0 Å². The number of para-hydroxylation sites is 1. The van der Waals surface area contributed by atoms with Gasteiger partial charge >= 0.3 is 0 Å². The largest absolute Gasteiger partial charge is 0.385 e. The van der Waals surface area contributed by atoms with Gasteiger partial charge in [-0.25, -0.2) is 0 Å². The van der Waals surface area contributed by atoms with Crippen LogP contribution in [0.15, 0.2) is 24.3 Å². The zero-order valence-corrected chi connectivity index (χ0v) is 14.1. The molecule has 2 heterocycles. The molecule has 4 heteroatoms. The lowest BCUT2D eigenvalue weighted by atomic mass is 9.87. The van der Waals surface area contributed by atoms with Gasteiger partial charge in [0, 0.05) is 49.8 Å². The number of aromatic nitrogens is 1. The molecule has 0 bridgehead atoms. The van der Waals surface area contributed by atoms with E-state index < -0.39 is 0 Å². The first-order valence-corrected chi connectivity index (χ1v) is 8.54. The summed E-state index contributed by atoms with van der Waals surface area (Å²) in [5, 5.41) is 1.34. The Kier molecular flexibility index (Phi) is 5.01. The molecule has 0 aliphatic carbocycles. The summed E-state index contributed by atoms with van der Waals surface area (Å²) in [6.45, 7) is 4.57. The highest BCUT2D eigenvalue weighted by Gasteiger charge is 2.26. The predicted molar refractivity (Wildman–Crippen MR) is 92.7 cm³/mol. The first kappa shape index (κ1) is 16.1. The third-order valence-corrected chi connectivity index (χ3v) is 4.94. The number of ether oxygens (including phenoxy) is 1. The van der Waals surface area contributed by atoms with Crippen LogP contribution in [0.5, 0.6) is 0 Å². The molecule has 3 rings (SSSR count). The number of likely N-dealkylation sites (tertiary alicyclic amines) is 1. The van der Waals surface area contributed by atoms with Crippen molar-refractivity contribution in [1.29, 1.82) is 0 Å². The van der Waals surface area contributed by atoms with Crippen molar-refractivity contribution >= 4 is 16.8 Å². The Balaban J connectivity index is 1.64. The number of carbonyl (C=O) groups excluding carboxylic acids is 1. The Morgan fingerprint density at radius 2 is 2.04 bits per heavy atom. The van der Waals surface area contributed by atoms with Crippen molar-refractivity contribution in [3.8, 4) is 0 Å². The molecule has 1 saturated heterocycles. The third-order valence-electron chi connectivity index (χ3n) is 4.94. The molecular weight excluding hydrogens is 288 g/mol. The van der Waals surface area contributed by atoms with Gasteiger partial charge in [0.2, 0.25) is 5.91 Å². The number of amides is 1. The van der Waals surface area contributed by atoms with Crippen LogP contribution in [0.25, 0.3) is 10.9 Å². The van der Waals surface area contributed by atoms with Gasteiger partial charge in [0.25, 0.3) is 0 Å². The van der Waals surface area contributed by atoms with Crippen LogP contribution in [0.1, 0.15) is 42.9 Å². The maximum absolute atomic E-state index is 12.2. The quantitative estimate of drug-likeness (QED) is 0.857. The second kappa shape index (κ2) is 7.18. The summed E-state index contributed by atoms with van der Waals surface area (Å²) in [4.78, 5) is 17.7. The summed E-state index contributed by atoms with van der Waals surface area (Å²) >= 11 is 0. The van der Waals surface area contributed by atoms with Crippen LogP contribution in [0.4, 0.5) is 0 Å². The number of benzene rings is 1. The van der Waals surface area contributed by atoms with Gasteiger partial charge in [-0.05, 0) is 43.7 Å². The summed E-state index contributed by atoms with van der Waals surface area (Å²) in [6, 6.07) is 8.52. The van der Waals surface area contributed by atoms with Gasteiger partial charge in [-0.2, -0.15) is 0 Å². The average molecular weight is 314 g/mol. The van der Waals surface area contributed by atoms with Gasteiger partial charge in [0.15, 0.2) is 0 Å². The van der Waals surface area contributed by atoms with Crippen LogP contribution in [0.3, 0.4) is 0 Å². The van der Waals surface area contributed by atoms with E-state index >= 15 is 0 Å². The van der Waals surface area contributed by atoms with Gasteiger partial charge in [-0.1, -0.05) is 18.2 Å². The van der Waals surface area contributed by atoms with Crippen LogP contribution in [0.2, 0.25) is 0 Å². The number of rotatable bonds is 5. The molecule has 1 aromatic carbocycles. The van der Waals surface area contributed by atoms with E-state index in [0.29, 0.717) is 18.9 Å². The first-order valence-electron chi connectivity index (χ1n) is 8.54. The van der Waals surface area contributed by atoms with Crippen molar-refractivity contribution in [3.63, 3.8) is 0 Å². The molecule has 1 aromatic heterocycles. The molecular formula is C19H26N2O2. The average Bonchev–Trinajstić information content (AvgIpc) is 2.91. The predicted octanol–water partition coefficient (Wildman–Crippen LogP) is 3.61. The smallest absolute Gasteiger partial charge is 0.222 e. The molecule has 1 fully saturated rings. The van der Waals surface area contributed by atoms with E-state index in [1.54, 1.807) is 7.11 Å². The summed E-state index contributed by atoms with van der Waals surface area (Å²) in [5.41, 5.74) is 3.95. The van der Waals surface area contributed by atoms with Crippen LogP contribution in [-0.2, 0) is 9.53 Å². The van der Waals surface area contributed by atoms with Gasteiger partial charge < -0.3 is 14.6 Å². The number of H-pyrrole nitrogens is 1. The van der Waals surface area contributed by atoms with Crippen LogP contribution < -0.4 is 0 Å². The van der Waals surface area contributed by atoms with E-state index in [0.717, 1.165) is 32.4 Å². The SMILES string of the molecule is COCCCC(=O)N1CCC(c2c(C)[nH]c3ccccc23)CC1. The van der Waals surface area contributed by atoms with E-state index in [-0.39, 0.29) is 5.91 Å². The molecule has 0 radical (unpaired) electrons.